The average Bonchev–Trinajstić information content (AvgIpc) is 3.29. The van der Waals surface area contributed by atoms with E-state index in [2.05, 4.69) is 22.3 Å². The van der Waals surface area contributed by atoms with Crippen LogP contribution in [0, 0.1) is 0 Å². The predicted molar refractivity (Wildman–Crippen MR) is 126 cm³/mol. The molecule has 5 rings (SSSR count). The normalized spacial score (nSPS) is 20.9. The molecular weight excluding hydrogens is 436 g/mol. The summed E-state index contributed by atoms with van der Waals surface area (Å²) >= 11 is 13.9. The van der Waals surface area contributed by atoms with E-state index in [9.17, 15) is 0 Å². The Kier molecular flexibility index (Phi) is 4.69. The highest BCUT2D eigenvalue weighted by Crippen LogP contribution is 2.50. The molecule has 0 aliphatic carbocycles. The van der Waals surface area contributed by atoms with Crippen molar-refractivity contribution in [3.8, 4) is 5.88 Å². The quantitative estimate of drug-likeness (QED) is 0.575. The summed E-state index contributed by atoms with van der Waals surface area (Å²) in [7, 11) is 1.62. The summed E-state index contributed by atoms with van der Waals surface area (Å²) in [5, 5.41) is 3.48. The molecule has 30 heavy (non-hydrogen) atoms. The Bertz CT molecular complexity index is 1190. The van der Waals surface area contributed by atoms with Crippen LogP contribution in [0.4, 0.5) is 5.69 Å². The second kappa shape index (κ2) is 7.27. The summed E-state index contributed by atoms with van der Waals surface area (Å²) in [6, 6.07) is 16.1. The summed E-state index contributed by atoms with van der Waals surface area (Å²) in [6.07, 6.45) is 1.58. The predicted octanol–water partition coefficient (Wildman–Crippen LogP) is 4.30. The number of fused-ring (bicyclic) bond motifs is 4. The highest BCUT2D eigenvalue weighted by molar-refractivity contribution is 7.80. The van der Waals surface area contributed by atoms with Crippen LogP contribution < -0.4 is 20.7 Å². The van der Waals surface area contributed by atoms with Crippen molar-refractivity contribution in [1.29, 1.82) is 0 Å². The highest BCUT2D eigenvalue weighted by Gasteiger charge is 2.53. The SMILES string of the molecule is COc1ccc2c(n1)C1(CN/C2=C\N)C(=S)N(Cc2ccc(Cl)s2)c2ccccc21. The number of hydrogen-bond donors (Lipinski definition) is 2. The van der Waals surface area contributed by atoms with E-state index in [-0.39, 0.29) is 0 Å². The molecule has 4 heterocycles. The zero-order valence-corrected chi connectivity index (χ0v) is 18.6. The molecule has 3 aromatic rings. The monoisotopic (exact) mass is 454 g/mol. The molecule has 0 saturated carbocycles. The minimum atomic E-state index is -0.594. The number of pyridine rings is 1. The van der Waals surface area contributed by atoms with Gasteiger partial charge in [0.2, 0.25) is 5.88 Å². The van der Waals surface area contributed by atoms with E-state index in [0.29, 0.717) is 19.0 Å². The van der Waals surface area contributed by atoms with Gasteiger partial charge in [0.1, 0.15) is 10.4 Å². The smallest absolute Gasteiger partial charge is 0.213 e. The van der Waals surface area contributed by atoms with Crippen molar-refractivity contribution in [2.45, 2.75) is 12.0 Å². The molecule has 0 fully saturated rings. The average molecular weight is 455 g/mol. The molecule has 0 saturated heterocycles. The molecule has 0 bridgehead atoms. The van der Waals surface area contributed by atoms with Gasteiger partial charge in [-0.1, -0.05) is 42.0 Å². The first kappa shape index (κ1) is 19.4. The maximum atomic E-state index is 6.17. The maximum absolute atomic E-state index is 6.17. The minimum absolute atomic E-state index is 0.551. The molecule has 2 aromatic heterocycles. The van der Waals surface area contributed by atoms with Crippen molar-refractivity contribution < 1.29 is 4.74 Å². The fourth-order valence-corrected chi connectivity index (χ4v) is 5.85. The minimum Gasteiger partial charge on any atom is -0.481 e. The number of hydrogen-bond acceptors (Lipinski definition) is 6. The summed E-state index contributed by atoms with van der Waals surface area (Å²) in [4.78, 5) is 9.02. The highest BCUT2D eigenvalue weighted by atomic mass is 35.5. The Morgan fingerprint density at radius 3 is 2.87 bits per heavy atom. The van der Waals surface area contributed by atoms with Crippen molar-refractivity contribution in [1.82, 2.24) is 10.3 Å². The van der Waals surface area contributed by atoms with Crippen LogP contribution in [0.1, 0.15) is 21.7 Å². The van der Waals surface area contributed by atoms with Gasteiger partial charge in [-0.2, -0.15) is 0 Å². The van der Waals surface area contributed by atoms with Crippen LogP contribution in [0.25, 0.3) is 5.70 Å². The summed E-state index contributed by atoms with van der Waals surface area (Å²) in [5.41, 5.74) is 10.2. The van der Waals surface area contributed by atoms with Crippen molar-refractivity contribution in [3.63, 3.8) is 0 Å². The Morgan fingerprint density at radius 2 is 2.13 bits per heavy atom. The molecule has 1 aromatic carbocycles. The molecule has 2 aliphatic heterocycles. The number of aromatic nitrogens is 1. The van der Waals surface area contributed by atoms with E-state index < -0.39 is 5.41 Å². The Labute approximate surface area is 189 Å². The number of thiocarbonyl (C=S) groups is 1. The standard InChI is InChI=1S/C22H19ClN4OS2/c1-28-19-9-7-14-16(10-24)25-12-22(20(14)26-19)15-4-2-3-5-17(15)27(21(22)29)11-13-6-8-18(23)30-13/h2-10,25H,11-12,24H2,1H3/b16-10-. The number of nitrogens with one attached hydrogen (secondary N) is 1. The Balaban J connectivity index is 1.72. The van der Waals surface area contributed by atoms with Crippen LogP contribution in [0.5, 0.6) is 5.88 Å². The van der Waals surface area contributed by atoms with Crippen molar-refractivity contribution in [2.75, 3.05) is 18.6 Å². The van der Waals surface area contributed by atoms with E-state index in [4.69, 9.17) is 39.3 Å². The molecule has 1 spiro atoms. The fraction of sp³-hybridized carbons (Fsp3) is 0.182. The van der Waals surface area contributed by atoms with Crippen LogP contribution in [0.15, 0.2) is 54.7 Å². The molecule has 2 aliphatic rings. The van der Waals surface area contributed by atoms with E-state index in [0.717, 1.165) is 42.4 Å². The third-order valence-corrected chi connectivity index (χ3v) is 7.48. The van der Waals surface area contributed by atoms with Gasteiger partial charge < -0.3 is 20.7 Å². The van der Waals surface area contributed by atoms with E-state index in [1.165, 1.54) is 0 Å². The van der Waals surface area contributed by atoms with Crippen LogP contribution >= 0.6 is 35.2 Å². The van der Waals surface area contributed by atoms with Gasteiger partial charge in [0.05, 0.1) is 29.4 Å². The van der Waals surface area contributed by atoms with Gasteiger partial charge >= 0.3 is 0 Å². The molecule has 0 amide bonds. The van der Waals surface area contributed by atoms with Gasteiger partial charge in [-0.3, -0.25) is 0 Å². The number of ether oxygens (including phenoxy) is 1. The molecule has 1 atom stereocenters. The van der Waals surface area contributed by atoms with Crippen LogP contribution in [0.2, 0.25) is 4.34 Å². The summed E-state index contributed by atoms with van der Waals surface area (Å²) < 4.78 is 6.22. The molecule has 5 nitrogen and oxygen atoms in total. The lowest BCUT2D eigenvalue weighted by atomic mass is 9.74. The molecule has 152 valence electrons. The Hall–Kier alpha value is -2.61. The number of thiophene rings is 1. The van der Waals surface area contributed by atoms with Gasteiger partial charge in [-0.15, -0.1) is 11.3 Å². The second-order valence-electron chi connectivity index (χ2n) is 7.20. The third kappa shape index (κ3) is 2.73. The number of halogens is 1. The van der Waals surface area contributed by atoms with Crippen molar-refractivity contribution >= 4 is 51.5 Å². The first-order chi connectivity index (χ1) is 14.6. The van der Waals surface area contributed by atoms with E-state index >= 15 is 0 Å². The molecule has 1 unspecified atom stereocenters. The second-order valence-corrected chi connectivity index (χ2v) is 9.39. The third-order valence-electron chi connectivity index (χ3n) is 5.69. The number of rotatable bonds is 3. The van der Waals surface area contributed by atoms with E-state index in [1.807, 2.05) is 36.4 Å². The lowest BCUT2D eigenvalue weighted by Crippen LogP contribution is -2.50. The van der Waals surface area contributed by atoms with Crippen molar-refractivity contribution in [3.05, 3.63) is 80.8 Å². The van der Waals surface area contributed by atoms with Crippen LogP contribution in [-0.4, -0.2) is 23.6 Å². The summed E-state index contributed by atoms with van der Waals surface area (Å²) in [5.74, 6) is 0.551. The van der Waals surface area contributed by atoms with Gasteiger partial charge in [-0.25, -0.2) is 4.98 Å². The van der Waals surface area contributed by atoms with Gasteiger partial charge in [0.15, 0.2) is 0 Å². The zero-order chi connectivity index (χ0) is 20.9. The topological polar surface area (TPSA) is 63.4 Å². The molecule has 0 radical (unpaired) electrons. The van der Waals surface area contributed by atoms with Crippen LogP contribution in [0.3, 0.4) is 0 Å². The number of anilines is 1. The van der Waals surface area contributed by atoms with Gasteiger partial charge in [0, 0.05) is 34.9 Å². The number of nitrogens with two attached hydrogens (primary N) is 1. The summed E-state index contributed by atoms with van der Waals surface area (Å²) in [6.45, 7) is 1.23. The molecule has 3 N–H and O–H groups in total. The first-order valence-electron chi connectivity index (χ1n) is 9.46. The van der Waals surface area contributed by atoms with Gasteiger partial charge in [-0.05, 0) is 29.8 Å². The zero-order valence-electron chi connectivity index (χ0n) is 16.2. The lowest BCUT2D eigenvalue weighted by molar-refractivity contribution is 0.393. The van der Waals surface area contributed by atoms with Crippen molar-refractivity contribution in [2.24, 2.45) is 5.73 Å². The lowest BCUT2D eigenvalue weighted by Gasteiger charge is -2.37. The Morgan fingerprint density at radius 1 is 1.30 bits per heavy atom. The number of para-hydroxylation sites is 1. The molecular formula is C22H19ClN4OS2. The largest absolute Gasteiger partial charge is 0.481 e. The number of methoxy groups -OCH3 is 1. The first-order valence-corrected chi connectivity index (χ1v) is 11.1. The fourth-order valence-electron chi connectivity index (χ4n) is 4.33. The van der Waals surface area contributed by atoms with Gasteiger partial charge in [0.25, 0.3) is 0 Å². The van der Waals surface area contributed by atoms with E-state index in [1.54, 1.807) is 24.6 Å². The number of nitrogens with zero attached hydrogens (tertiary/aromatic N) is 2. The van der Waals surface area contributed by atoms with Crippen LogP contribution in [-0.2, 0) is 12.0 Å². The number of benzene rings is 1. The maximum Gasteiger partial charge on any atom is 0.213 e. The molecule has 8 heteroatoms.